The molecule has 178 valence electrons. The van der Waals surface area contributed by atoms with Crippen LogP contribution in [0.1, 0.15) is 21.0 Å². The quantitative estimate of drug-likeness (QED) is 0.296. The van der Waals surface area contributed by atoms with E-state index in [1.165, 1.54) is 26.5 Å². The summed E-state index contributed by atoms with van der Waals surface area (Å²) in [6.45, 7) is 0. The summed E-state index contributed by atoms with van der Waals surface area (Å²) in [4.78, 5) is 30.7. The van der Waals surface area contributed by atoms with Crippen LogP contribution in [0.2, 0.25) is 5.02 Å². The van der Waals surface area contributed by atoms with E-state index in [0.29, 0.717) is 39.4 Å². The van der Waals surface area contributed by atoms with Crippen molar-refractivity contribution >= 4 is 29.2 Å². The van der Waals surface area contributed by atoms with Crippen molar-refractivity contribution in [2.75, 3.05) is 19.5 Å². The number of carboxylic acid groups (broad SMARTS) is 1. The number of carbonyl (C=O) groups excluding carboxylic acids is 1. The number of carbonyl (C=O) groups is 2. The van der Waals surface area contributed by atoms with Gasteiger partial charge in [-0.25, -0.2) is 9.78 Å². The minimum atomic E-state index is -1.14. The zero-order valence-electron chi connectivity index (χ0n) is 18.7. The number of hydrogen-bond acceptors (Lipinski definition) is 6. The molecule has 0 bridgehead atoms. The van der Waals surface area contributed by atoms with E-state index in [9.17, 15) is 9.59 Å². The van der Waals surface area contributed by atoms with Crippen LogP contribution in [0.15, 0.2) is 67.0 Å². The van der Waals surface area contributed by atoms with Gasteiger partial charge in [-0.1, -0.05) is 23.7 Å². The monoisotopic (exact) mass is 493 g/mol. The molecular weight excluding hydrogens is 474 g/mol. The maximum absolute atomic E-state index is 12.9. The SMILES string of the molecule is COc1cc(NC(=O)c2cc(-c3cccc(Oc4ccnc(C(=O)O)c4)c3)c[nH]2)c(OC)cc1Cl. The van der Waals surface area contributed by atoms with Crippen LogP contribution in [0.5, 0.6) is 23.0 Å². The van der Waals surface area contributed by atoms with Crippen molar-refractivity contribution in [2.45, 2.75) is 0 Å². The number of pyridine rings is 1. The summed E-state index contributed by atoms with van der Waals surface area (Å²) in [5, 5.41) is 12.3. The fraction of sp³-hybridized carbons (Fsp3) is 0.0800. The summed E-state index contributed by atoms with van der Waals surface area (Å²) in [5.41, 5.74) is 2.15. The number of nitrogens with zero attached hydrogens (tertiary/aromatic N) is 1. The molecule has 0 saturated carbocycles. The molecule has 0 atom stereocenters. The summed E-state index contributed by atoms with van der Waals surface area (Å²) < 4.78 is 16.3. The first-order valence-corrected chi connectivity index (χ1v) is 10.6. The van der Waals surface area contributed by atoms with Crippen LogP contribution in [-0.2, 0) is 0 Å². The summed E-state index contributed by atoms with van der Waals surface area (Å²) in [6, 6.07) is 14.9. The highest BCUT2D eigenvalue weighted by atomic mass is 35.5. The Morgan fingerprint density at radius 3 is 2.49 bits per heavy atom. The molecule has 1 amide bonds. The Kier molecular flexibility index (Phi) is 6.88. The van der Waals surface area contributed by atoms with Gasteiger partial charge in [-0.2, -0.15) is 0 Å². The molecule has 0 aliphatic heterocycles. The number of aromatic amines is 1. The number of hydrogen-bond donors (Lipinski definition) is 3. The maximum atomic E-state index is 12.9. The third kappa shape index (κ3) is 5.36. The normalized spacial score (nSPS) is 10.5. The number of halogens is 1. The lowest BCUT2D eigenvalue weighted by Gasteiger charge is -2.12. The van der Waals surface area contributed by atoms with Gasteiger partial charge in [0.25, 0.3) is 5.91 Å². The predicted molar refractivity (Wildman–Crippen MR) is 130 cm³/mol. The second kappa shape index (κ2) is 10.2. The Morgan fingerprint density at radius 1 is 0.971 bits per heavy atom. The first kappa shape index (κ1) is 23.7. The van der Waals surface area contributed by atoms with E-state index in [1.54, 1.807) is 48.7 Å². The molecule has 0 aliphatic rings. The van der Waals surface area contributed by atoms with Crippen molar-refractivity contribution in [3.05, 3.63) is 83.4 Å². The van der Waals surface area contributed by atoms with Crippen molar-refractivity contribution in [1.29, 1.82) is 0 Å². The highest BCUT2D eigenvalue weighted by Gasteiger charge is 2.16. The molecule has 0 aliphatic carbocycles. The second-order valence-electron chi connectivity index (χ2n) is 7.26. The highest BCUT2D eigenvalue weighted by Crippen LogP contribution is 2.36. The number of amides is 1. The van der Waals surface area contributed by atoms with Crippen molar-refractivity contribution in [1.82, 2.24) is 9.97 Å². The number of H-pyrrole nitrogens is 1. The molecule has 2 aromatic carbocycles. The first-order valence-electron chi connectivity index (χ1n) is 10.3. The molecule has 0 saturated heterocycles. The first-order chi connectivity index (χ1) is 16.9. The Labute approximate surface area is 205 Å². The van der Waals surface area contributed by atoms with E-state index < -0.39 is 5.97 Å². The number of methoxy groups -OCH3 is 2. The largest absolute Gasteiger partial charge is 0.495 e. The van der Waals surface area contributed by atoms with Gasteiger partial charge in [-0.15, -0.1) is 0 Å². The third-order valence-electron chi connectivity index (χ3n) is 5.00. The van der Waals surface area contributed by atoms with Crippen LogP contribution in [0, 0.1) is 0 Å². The second-order valence-corrected chi connectivity index (χ2v) is 7.66. The minimum absolute atomic E-state index is 0.116. The van der Waals surface area contributed by atoms with Crippen LogP contribution < -0.4 is 19.5 Å². The van der Waals surface area contributed by atoms with Crippen LogP contribution >= 0.6 is 11.6 Å². The Bertz CT molecular complexity index is 1400. The number of aromatic carboxylic acids is 1. The van der Waals surface area contributed by atoms with Gasteiger partial charge >= 0.3 is 5.97 Å². The molecule has 2 aromatic heterocycles. The van der Waals surface area contributed by atoms with E-state index >= 15 is 0 Å². The van der Waals surface area contributed by atoms with E-state index in [2.05, 4.69) is 15.3 Å². The number of rotatable bonds is 8. The van der Waals surface area contributed by atoms with Crippen molar-refractivity contribution in [3.8, 4) is 34.1 Å². The lowest BCUT2D eigenvalue weighted by Crippen LogP contribution is -2.13. The molecule has 0 unspecified atom stereocenters. The topological polar surface area (TPSA) is 123 Å². The molecule has 2 heterocycles. The van der Waals surface area contributed by atoms with Crippen LogP contribution in [0.25, 0.3) is 11.1 Å². The number of benzene rings is 2. The molecule has 4 rings (SSSR count). The van der Waals surface area contributed by atoms with Crippen LogP contribution in [0.4, 0.5) is 5.69 Å². The standard InChI is InChI=1S/C25H20ClN3O6/c1-33-22-12-19(23(34-2)11-18(22)26)29-24(30)20-9-15(13-28-20)14-4-3-5-16(8-14)35-17-6-7-27-21(10-17)25(31)32/h3-13,28H,1-2H3,(H,29,30)(H,31,32). The molecule has 0 radical (unpaired) electrons. The van der Waals surface area contributed by atoms with Gasteiger partial charge in [0, 0.05) is 36.2 Å². The molecule has 3 N–H and O–H groups in total. The Balaban J connectivity index is 1.53. The van der Waals surface area contributed by atoms with Gasteiger partial charge < -0.3 is 29.6 Å². The maximum Gasteiger partial charge on any atom is 0.354 e. The van der Waals surface area contributed by atoms with E-state index in [4.69, 9.17) is 30.9 Å². The number of anilines is 1. The average Bonchev–Trinajstić information content (AvgIpc) is 3.36. The number of aromatic nitrogens is 2. The minimum Gasteiger partial charge on any atom is -0.495 e. The van der Waals surface area contributed by atoms with E-state index in [-0.39, 0.29) is 11.6 Å². The molecule has 9 nitrogen and oxygen atoms in total. The van der Waals surface area contributed by atoms with Crippen molar-refractivity contribution < 1.29 is 28.9 Å². The molecule has 0 spiro atoms. The Morgan fingerprint density at radius 2 is 1.74 bits per heavy atom. The third-order valence-corrected chi connectivity index (χ3v) is 5.30. The molecule has 4 aromatic rings. The predicted octanol–water partition coefficient (Wildman–Crippen LogP) is 5.49. The molecular formula is C25H20ClN3O6. The summed E-state index contributed by atoms with van der Waals surface area (Å²) in [5.74, 6) is 0.104. The van der Waals surface area contributed by atoms with Crippen molar-refractivity contribution in [2.24, 2.45) is 0 Å². The lowest BCUT2D eigenvalue weighted by atomic mass is 10.1. The van der Waals surface area contributed by atoms with E-state index in [0.717, 1.165) is 11.1 Å². The van der Waals surface area contributed by atoms with Gasteiger partial charge in [0.05, 0.1) is 24.9 Å². The smallest absolute Gasteiger partial charge is 0.354 e. The zero-order valence-corrected chi connectivity index (χ0v) is 19.4. The molecule has 10 heteroatoms. The lowest BCUT2D eigenvalue weighted by molar-refractivity contribution is 0.0690. The molecule has 35 heavy (non-hydrogen) atoms. The fourth-order valence-corrected chi connectivity index (χ4v) is 3.54. The van der Waals surface area contributed by atoms with E-state index in [1.807, 2.05) is 6.07 Å². The van der Waals surface area contributed by atoms with Gasteiger partial charge in [-0.05, 0) is 29.8 Å². The van der Waals surface area contributed by atoms with Gasteiger partial charge in [-0.3, -0.25) is 4.79 Å². The Hall–Kier alpha value is -4.50. The highest BCUT2D eigenvalue weighted by molar-refractivity contribution is 6.32. The average molecular weight is 494 g/mol. The van der Waals surface area contributed by atoms with Gasteiger partial charge in [0.15, 0.2) is 5.69 Å². The number of ether oxygens (including phenoxy) is 3. The summed E-state index contributed by atoms with van der Waals surface area (Å²) >= 11 is 6.13. The van der Waals surface area contributed by atoms with Crippen LogP contribution in [0.3, 0.4) is 0 Å². The summed E-state index contributed by atoms with van der Waals surface area (Å²) in [6.07, 6.45) is 3.06. The van der Waals surface area contributed by atoms with Gasteiger partial charge in [0.1, 0.15) is 28.7 Å². The van der Waals surface area contributed by atoms with Crippen LogP contribution in [-0.4, -0.2) is 41.2 Å². The van der Waals surface area contributed by atoms with Crippen molar-refractivity contribution in [3.63, 3.8) is 0 Å². The zero-order chi connectivity index (χ0) is 24.9. The number of carboxylic acids is 1. The number of nitrogens with one attached hydrogen (secondary N) is 2. The molecule has 0 fully saturated rings. The fourth-order valence-electron chi connectivity index (χ4n) is 3.31. The summed E-state index contributed by atoms with van der Waals surface area (Å²) in [7, 11) is 2.96. The van der Waals surface area contributed by atoms with Gasteiger partial charge in [0.2, 0.25) is 0 Å².